The van der Waals surface area contributed by atoms with E-state index in [4.69, 9.17) is 9.52 Å². The first kappa shape index (κ1) is 16.6. The summed E-state index contributed by atoms with van der Waals surface area (Å²) in [7, 11) is 0. The van der Waals surface area contributed by atoms with E-state index in [9.17, 15) is 14.0 Å². The second-order valence-electron chi connectivity index (χ2n) is 5.43. The normalized spacial score (nSPS) is 16.5. The zero-order chi connectivity index (χ0) is 17.3. The van der Waals surface area contributed by atoms with E-state index in [0.717, 1.165) is 5.56 Å². The topological polar surface area (TPSA) is 79.5 Å². The molecule has 0 fully saturated rings. The Morgan fingerprint density at radius 1 is 1.46 bits per heavy atom. The molecule has 2 aromatic rings. The standard InChI is InChI=1S/C17H16FNO4S/c1-2-13-10(17(21)22)8-14(23-13)16(20)19-12-6-7-24-15-9(12)4-3-5-11(15)18/h3-5,8,12H,2,6-7H2,1H3,(H,19,20)(H,21,22). The van der Waals surface area contributed by atoms with Crippen molar-refractivity contribution in [3.8, 4) is 0 Å². The largest absolute Gasteiger partial charge is 0.478 e. The molecular formula is C17H16FNO4S. The monoisotopic (exact) mass is 349 g/mol. The van der Waals surface area contributed by atoms with Crippen molar-refractivity contribution in [1.29, 1.82) is 0 Å². The number of carbonyl (C=O) groups excluding carboxylic acids is 1. The molecule has 0 spiro atoms. The molecule has 24 heavy (non-hydrogen) atoms. The van der Waals surface area contributed by atoms with Crippen molar-refractivity contribution in [2.45, 2.75) is 30.7 Å². The van der Waals surface area contributed by atoms with Crippen molar-refractivity contribution < 1.29 is 23.5 Å². The van der Waals surface area contributed by atoms with E-state index < -0.39 is 11.9 Å². The summed E-state index contributed by atoms with van der Waals surface area (Å²) in [6.45, 7) is 1.75. The zero-order valence-electron chi connectivity index (χ0n) is 13.0. The summed E-state index contributed by atoms with van der Waals surface area (Å²) in [5.41, 5.74) is 0.730. The van der Waals surface area contributed by atoms with Crippen molar-refractivity contribution in [3.05, 3.63) is 52.7 Å². The molecule has 0 saturated carbocycles. The molecule has 2 heterocycles. The number of halogens is 1. The van der Waals surface area contributed by atoms with Gasteiger partial charge in [-0.2, -0.15) is 0 Å². The number of aromatic carboxylic acids is 1. The van der Waals surface area contributed by atoms with Gasteiger partial charge in [0, 0.05) is 23.1 Å². The van der Waals surface area contributed by atoms with Crippen LogP contribution in [-0.2, 0) is 6.42 Å². The number of furan rings is 1. The lowest BCUT2D eigenvalue weighted by Gasteiger charge is -2.25. The molecule has 1 aliphatic heterocycles. The van der Waals surface area contributed by atoms with Crippen LogP contribution in [0.2, 0.25) is 0 Å². The molecule has 0 aliphatic carbocycles. The number of carbonyl (C=O) groups is 2. The number of amides is 1. The Morgan fingerprint density at radius 3 is 2.92 bits per heavy atom. The summed E-state index contributed by atoms with van der Waals surface area (Å²) < 4.78 is 19.2. The predicted octanol–water partition coefficient (Wildman–Crippen LogP) is 3.65. The minimum absolute atomic E-state index is 0.00621. The van der Waals surface area contributed by atoms with E-state index in [0.29, 0.717) is 23.5 Å². The van der Waals surface area contributed by atoms with Crippen LogP contribution in [0.15, 0.2) is 33.6 Å². The molecule has 1 aliphatic rings. The Morgan fingerprint density at radius 2 is 2.25 bits per heavy atom. The van der Waals surface area contributed by atoms with E-state index in [2.05, 4.69) is 5.32 Å². The van der Waals surface area contributed by atoms with Crippen LogP contribution in [0.1, 0.15) is 51.6 Å². The lowest BCUT2D eigenvalue weighted by molar-refractivity contribution is 0.0694. The summed E-state index contributed by atoms with van der Waals surface area (Å²) in [6, 6.07) is 5.71. The van der Waals surface area contributed by atoms with E-state index in [1.165, 1.54) is 23.9 Å². The second kappa shape index (κ2) is 6.68. The Bertz CT molecular complexity index is 802. The van der Waals surface area contributed by atoms with Crippen molar-refractivity contribution in [2.24, 2.45) is 0 Å². The van der Waals surface area contributed by atoms with Gasteiger partial charge < -0.3 is 14.8 Å². The Hall–Kier alpha value is -2.28. The third kappa shape index (κ3) is 3.03. The third-order valence-corrected chi connectivity index (χ3v) is 5.07. The molecule has 126 valence electrons. The average Bonchev–Trinajstić information content (AvgIpc) is 3.00. The Balaban J connectivity index is 1.84. The van der Waals surface area contributed by atoms with Crippen LogP contribution in [0.25, 0.3) is 0 Å². The summed E-state index contributed by atoms with van der Waals surface area (Å²) in [6.07, 6.45) is 1.04. The van der Waals surface area contributed by atoms with Gasteiger partial charge in [0.15, 0.2) is 5.76 Å². The fourth-order valence-electron chi connectivity index (χ4n) is 2.75. The molecule has 2 N–H and O–H groups in total. The number of aryl methyl sites for hydroxylation is 1. The van der Waals surface area contributed by atoms with Gasteiger partial charge in [0.2, 0.25) is 0 Å². The van der Waals surface area contributed by atoms with Gasteiger partial charge in [-0.05, 0) is 18.1 Å². The molecule has 5 nitrogen and oxygen atoms in total. The molecule has 3 rings (SSSR count). The average molecular weight is 349 g/mol. The second-order valence-corrected chi connectivity index (χ2v) is 6.53. The number of thioether (sulfide) groups is 1. The predicted molar refractivity (Wildman–Crippen MR) is 87.0 cm³/mol. The third-order valence-electron chi connectivity index (χ3n) is 3.92. The highest BCUT2D eigenvalue weighted by Gasteiger charge is 2.27. The molecule has 1 unspecified atom stereocenters. The molecule has 0 radical (unpaired) electrons. The summed E-state index contributed by atoms with van der Waals surface area (Å²) in [4.78, 5) is 24.1. The van der Waals surface area contributed by atoms with Gasteiger partial charge in [-0.3, -0.25) is 4.79 Å². The van der Waals surface area contributed by atoms with Gasteiger partial charge in [0.05, 0.1) is 6.04 Å². The van der Waals surface area contributed by atoms with Crippen LogP contribution >= 0.6 is 11.8 Å². The zero-order valence-corrected chi connectivity index (χ0v) is 13.8. The molecule has 1 amide bonds. The molecule has 0 saturated heterocycles. The number of nitrogens with one attached hydrogen (secondary N) is 1. The first-order valence-corrected chi connectivity index (χ1v) is 8.58. The first-order valence-electron chi connectivity index (χ1n) is 7.59. The maximum absolute atomic E-state index is 13.9. The van der Waals surface area contributed by atoms with Gasteiger partial charge in [-0.25, -0.2) is 9.18 Å². The van der Waals surface area contributed by atoms with Crippen molar-refractivity contribution in [1.82, 2.24) is 5.32 Å². The number of hydrogen-bond donors (Lipinski definition) is 2. The van der Waals surface area contributed by atoms with Gasteiger partial charge in [-0.1, -0.05) is 19.1 Å². The van der Waals surface area contributed by atoms with Crippen LogP contribution in [-0.4, -0.2) is 22.7 Å². The smallest absolute Gasteiger partial charge is 0.339 e. The highest BCUT2D eigenvalue weighted by molar-refractivity contribution is 7.99. The maximum Gasteiger partial charge on any atom is 0.339 e. The van der Waals surface area contributed by atoms with Gasteiger partial charge in [0.25, 0.3) is 5.91 Å². The van der Waals surface area contributed by atoms with Crippen molar-refractivity contribution in [3.63, 3.8) is 0 Å². The highest BCUT2D eigenvalue weighted by atomic mass is 32.2. The van der Waals surface area contributed by atoms with Crippen LogP contribution < -0.4 is 5.32 Å². The van der Waals surface area contributed by atoms with E-state index in [-0.39, 0.29) is 28.9 Å². The molecule has 1 aromatic heterocycles. The van der Waals surface area contributed by atoms with Gasteiger partial charge in [0.1, 0.15) is 17.1 Å². The SMILES string of the molecule is CCc1oc(C(=O)NC2CCSc3c(F)cccc32)cc1C(=O)O. The summed E-state index contributed by atoms with van der Waals surface area (Å²) >= 11 is 1.43. The van der Waals surface area contributed by atoms with E-state index in [1.807, 2.05) is 0 Å². The fourth-order valence-corrected chi connectivity index (χ4v) is 3.89. The Labute approximate surface area is 142 Å². The fraction of sp³-hybridized carbons (Fsp3) is 0.294. The Kier molecular flexibility index (Phi) is 4.62. The number of carboxylic acid groups (broad SMARTS) is 1. The lowest BCUT2D eigenvalue weighted by Crippen LogP contribution is -2.30. The molecule has 0 bridgehead atoms. The van der Waals surface area contributed by atoms with Crippen LogP contribution in [0.4, 0.5) is 4.39 Å². The van der Waals surface area contributed by atoms with Gasteiger partial charge in [-0.15, -0.1) is 11.8 Å². The van der Waals surface area contributed by atoms with Crippen LogP contribution in [0.3, 0.4) is 0 Å². The van der Waals surface area contributed by atoms with Crippen molar-refractivity contribution >= 4 is 23.6 Å². The number of hydrogen-bond acceptors (Lipinski definition) is 4. The van der Waals surface area contributed by atoms with E-state index in [1.54, 1.807) is 19.1 Å². The van der Waals surface area contributed by atoms with Crippen LogP contribution in [0.5, 0.6) is 0 Å². The number of fused-ring (bicyclic) bond motifs is 1. The quantitative estimate of drug-likeness (QED) is 0.881. The van der Waals surface area contributed by atoms with E-state index >= 15 is 0 Å². The minimum atomic E-state index is -1.13. The van der Waals surface area contributed by atoms with Crippen molar-refractivity contribution in [2.75, 3.05) is 5.75 Å². The number of rotatable bonds is 4. The number of carboxylic acids is 1. The first-order chi connectivity index (χ1) is 11.5. The maximum atomic E-state index is 13.9. The number of benzene rings is 1. The highest BCUT2D eigenvalue weighted by Crippen LogP contribution is 2.37. The van der Waals surface area contributed by atoms with Crippen LogP contribution in [0, 0.1) is 5.82 Å². The summed E-state index contributed by atoms with van der Waals surface area (Å²) in [5.74, 6) is -1.01. The molecule has 1 aromatic carbocycles. The minimum Gasteiger partial charge on any atom is -0.478 e. The molecule has 1 atom stereocenters. The molecular weight excluding hydrogens is 333 g/mol. The summed E-state index contributed by atoms with van der Waals surface area (Å²) in [5, 5.41) is 12.0. The molecule has 7 heteroatoms. The van der Waals surface area contributed by atoms with Gasteiger partial charge >= 0.3 is 5.97 Å². The lowest BCUT2D eigenvalue weighted by atomic mass is 10.0.